The number of aromatic nitrogens is 2. The molecule has 0 radical (unpaired) electrons. The van der Waals surface area contributed by atoms with Crippen LogP contribution in [0.1, 0.15) is 43.7 Å². The second kappa shape index (κ2) is 8.98. The largest absolute Gasteiger partial charge is 0.494 e. The normalized spacial score (nSPS) is 16.3. The van der Waals surface area contributed by atoms with E-state index >= 15 is 0 Å². The number of ether oxygens (including phenoxy) is 1. The summed E-state index contributed by atoms with van der Waals surface area (Å²) in [6.45, 7) is 5.22. The Bertz CT molecular complexity index is 1000. The monoisotopic (exact) mass is 406 g/mol. The van der Waals surface area contributed by atoms with Gasteiger partial charge in [0.2, 0.25) is 11.7 Å². The Morgan fingerprint density at radius 1 is 1.23 bits per heavy atom. The molecule has 0 aliphatic carbocycles. The highest BCUT2D eigenvalue weighted by molar-refractivity contribution is 5.89. The van der Waals surface area contributed by atoms with Gasteiger partial charge in [0, 0.05) is 17.8 Å². The molecular weight excluding hydrogens is 380 g/mol. The van der Waals surface area contributed by atoms with Gasteiger partial charge in [-0.3, -0.25) is 0 Å². The molecule has 1 fully saturated rings. The average molecular weight is 406 g/mol. The maximum atomic E-state index is 13.0. The molecule has 1 unspecified atom stereocenters. The van der Waals surface area contributed by atoms with E-state index in [1.807, 2.05) is 62.4 Å². The van der Waals surface area contributed by atoms with Gasteiger partial charge in [-0.25, -0.2) is 4.79 Å². The number of carbonyl (C=O) groups excluding carboxylic acids is 1. The highest BCUT2D eigenvalue weighted by atomic mass is 16.5. The Balaban J connectivity index is 1.49. The number of urea groups is 1. The molecule has 156 valence electrons. The molecule has 1 saturated heterocycles. The van der Waals surface area contributed by atoms with Crippen LogP contribution in [-0.2, 0) is 0 Å². The van der Waals surface area contributed by atoms with Crippen molar-refractivity contribution in [1.82, 2.24) is 15.0 Å². The summed E-state index contributed by atoms with van der Waals surface area (Å²) >= 11 is 0. The van der Waals surface area contributed by atoms with Crippen molar-refractivity contribution >= 4 is 11.7 Å². The number of amides is 2. The van der Waals surface area contributed by atoms with Crippen LogP contribution in [0.4, 0.5) is 10.5 Å². The third-order valence-electron chi connectivity index (χ3n) is 5.18. The molecule has 3 aromatic rings. The van der Waals surface area contributed by atoms with E-state index in [9.17, 15) is 4.79 Å². The molecule has 0 bridgehead atoms. The number of rotatable bonds is 5. The first kappa shape index (κ1) is 19.9. The molecule has 1 atom stereocenters. The number of aryl methyl sites for hydroxylation is 1. The summed E-state index contributed by atoms with van der Waals surface area (Å²) in [5.41, 5.74) is 2.76. The van der Waals surface area contributed by atoms with Crippen molar-refractivity contribution in [2.75, 3.05) is 18.5 Å². The molecule has 0 saturated carbocycles. The molecule has 1 aliphatic rings. The van der Waals surface area contributed by atoms with E-state index in [0.29, 0.717) is 24.9 Å². The fraction of sp³-hybridized carbons (Fsp3) is 0.348. The lowest BCUT2D eigenvalue weighted by Crippen LogP contribution is -2.41. The minimum atomic E-state index is -0.229. The van der Waals surface area contributed by atoms with Gasteiger partial charge in [-0.2, -0.15) is 4.98 Å². The zero-order valence-electron chi connectivity index (χ0n) is 17.3. The smallest absolute Gasteiger partial charge is 0.322 e. The summed E-state index contributed by atoms with van der Waals surface area (Å²) in [5, 5.41) is 7.12. The zero-order chi connectivity index (χ0) is 20.9. The van der Waals surface area contributed by atoms with Gasteiger partial charge in [-0.15, -0.1) is 0 Å². The third kappa shape index (κ3) is 4.45. The standard InChI is InChI=1S/C23H26N4O3/c1-3-29-19-12-10-18(11-13-19)24-23(28)27-14-5-4-9-20(27)22-25-21(26-30-22)17-8-6-7-16(2)15-17/h6-8,10-13,15,20H,3-5,9,14H2,1-2H3,(H,24,28). The van der Waals surface area contributed by atoms with Crippen molar-refractivity contribution in [2.24, 2.45) is 0 Å². The second-order valence-corrected chi connectivity index (χ2v) is 7.42. The lowest BCUT2D eigenvalue weighted by Gasteiger charge is -2.33. The van der Waals surface area contributed by atoms with Crippen molar-refractivity contribution in [3.05, 3.63) is 60.0 Å². The van der Waals surface area contributed by atoms with Crippen LogP contribution >= 0.6 is 0 Å². The highest BCUT2D eigenvalue weighted by Gasteiger charge is 2.32. The topological polar surface area (TPSA) is 80.5 Å². The van der Waals surface area contributed by atoms with Gasteiger partial charge >= 0.3 is 6.03 Å². The van der Waals surface area contributed by atoms with E-state index in [4.69, 9.17) is 9.26 Å². The predicted molar refractivity (Wildman–Crippen MR) is 114 cm³/mol. The van der Waals surface area contributed by atoms with Crippen LogP contribution in [0, 0.1) is 6.92 Å². The lowest BCUT2D eigenvalue weighted by molar-refractivity contribution is 0.142. The molecule has 30 heavy (non-hydrogen) atoms. The Kier molecular flexibility index (Phi) is 5.97. The minimum Gasteiger partial charge on any atom is -0.494 e. The van der Waals surface area contributed by atoms with Crippen LogP contribution in [0.5, 0.6) is 5.75 Å². The molecule has 2 amide bonds. The van der Waals surface area contributed by atoms with E-state index in [1.54, 1.807) is 4.90 Å². The molecule has 2 aromatic carbocycles. The predicted octanol–water partition coefficient (Wildman–Crippen LogP) is 5.20. The summed E-state index contributed by atoms with van der Waals surface area (Å²) in [5.74, 6) is 1.81. The SMILES string of the molecule is CCOc1ccc(NC(=O)N2CCCCC2c2nc(-c3cccc(C)c3)no2)cc1. The molecule has 0 spiro atoms. The Morgan fingerprint density at radius 2 is 2.07 bits per heavy atom. The zero-order valence-corrected chi connectivity index (χ0v) is 17.3. The van der Waals surface area contributed by atoms with Crippen molar-refractivity contribution in [3.63, 3.8) is 0 Å². The number of anilines is 1. The third-order valence-corrected chi connectivity index (χ3v) is 5.18. The van der Waals surface area contributed by atoms with Gasteiger partial charge in [0.25, 0.3) is 0 Å². The van der Waals surface area contributed by atoms with Crippen molar-refractivity contribution in [2.45, 2.75) is 39.2 Å². The summed E-state index contributed by atoms with van der Waals surface area (Å²) in [4.78, 5) is 19.4. The first-order valence-corrected chi connectivity index (χ1v) is 10.3. The van der Waals surface area contributed by atoms with E-state index < -0.39 is 0 Å². The van der Waals surface area contributed by atoms with E-state index in [2.05, 4.69) is 15.5 Å². The summed E-state index contributed by atoms with van der Waals surface area (Å²) in [7, 11) is 0. The van der Waals surface area contributed by atoms with Gasteiger partial charge in [0.1, 0.15) is 11.8 Å². The number of nitrogens with one attached hydrogen (secondary N) is 1. The molecule has 2 heterocycles. The van der Waals surface area contributed by atoms with Gasteiger partial charge in [-0.1, -0.05) is 28.9 Å². The quantitative estimate of drug-likeness (QED) is 0.630. The first-order chi connectivity index (χ1) is 14.6. The molecule has 1 aromatic heterocycles. The number of benzene rings is 2. The van der Waals surface area contributed by atoms with Gasteiger partial charge in [-0.05, 0) is 63.4 Å². The van der Waals surface area contributed by atoms with E-state index in [-0.39, 0.29) is 12.1 Å². The average Bonchev–Trinajstić information content (AvgIpc) is 3.25. The van der Waals surface area contributed by atoms with Crippen LogP contribution in [-0.4, -0.2) is 34.2 Å². The molecule has 1 N–H and O–H groups in total. The van der Waals surface area contributed by atoms with E-state index in [1.165, 1.54) is 0 Å². The fourth-order valence-corrected chi connectivity index (χ4v) is 3.70. The van der Waals surface area contributed by atoms with Crippen LogP contribution in [0.25, 0.3) is 11.4 Å². The molecule has 4 rings (SSSR count). The van der Waals surface area contributed by atoms with Gasteiger partial charge in [0.15, 0.2) is 0 Å². The molecule has 7 nitrogen and oxygen atoms in total. The van der Waals surface area contributed by atoms with Gasteiger partial charge < -0.3 is 19.5 Å². The van der Waals surface area contributed by atoms with Crippen LogP contribution in [0.15, 0.2) is 53.1 Å². The number of hydrogen-bond donors (Lipinski definition) is 1. The first-order valence-electron chi connectivity index (χ1n) is 10.3. The number of nitrogens with zero attached hydrogens (tertiary/aromatic N) is 3. The van der Waals surface area contributed by atoms with Crippen molar-refractivity contribution < 1.29 is 14.1 Å². The summed E-state index contributed by atoms with van der Waals surface area (Å²) < 4.78 is 11.0. The molecular formula is C23H26N4O3. The maximum absolute atomic E-state index is 13.0. The number of piperidine rings is 1. The summed E-state index contributed by atoms with van der Waals surface area (Å²) in [6.07, 6.45) is 2.76. The van der Waals surface area contributed by atoms with Crippen molar-refractivity contribution in [1.29, 1.82) is 0 Å². The van der Waals surface area contributed by atoms with Gasteiger partial charge in [0.05, 0.1) is 6.61 Å². The number of carbonyl (C=O) groups is 1. The maximum Gasteiger partial charge on any atom is 0.322 e. The Labute approximate surface area is 176 Å². The van der Waals surface area contributed by atoms with Crippen LogP contribution < -0.4 is 10.1 Å². The summed E-state index contributed by atoms with van der Waals surface area (Å²) in [6, 6.07) is 14.9. The van der Waals surface area contributed by atoms with E-state index in [0.717, 1.165) is 41.8 Å². The number of likely N-dealkylation sites (tertiary alicyclic amines) is 1. The minimum absolute atomic E-state index is 0.167. The van der Waals surface area contributed by atoms with Crippen molar-refractivity contribution in [3.8, 4) is 17.1 Å². The van der Waals surface area contributed by atoms with Crippen LogP contribution in [0.3, 0.4) is 0 Å². The highest BCUT2D eigenvalue weighted by Crippen LogP contribution is 2.32. The number of hydrogen-bond acceptors (Lipinski definition) is 5. The Morgan fingerprint density at radius 3 is 2.83 bits per heavy atom. The lowest BCUT2D eigenvalue weighted by atomic mass is 10.0. The molecule has 1 aliphatic heterocycles. The van der Waals surface area contributed by atoms with Crippen LogP contribution in [0.2, 0.25) is 0 Å². The Hall–Kier alpha value is -3.35. The second-order valence-electron chi connectivity index (χ2n) is 7.42. The molecule has 7 heteroatoms. The fourth-order valence-electron chi connectivity index (χ4n) is 3.70.